The van der Waals surface area contributed by atoms with E-state index in [0.29, 0.717) is 15.9 Å². The first kappa shape index (κ1) is 15.6. The van der Waals surface area contributed by atoms with Crippen LogP contribution in [0.5, 0.6) is 0 Å². The molecule has 1 aromatic carbocycles. The molecule has 0 aliphatic carbocycles. The fourth-order valence-electron chi connectivity index (χ4n) is 1.83. The van der Waals surface area contributed by atoms with Crippen LogP contribution in [-0.4, -0.2) is 23.6 Å². The summed E-state index contributed by atoms with van der Waals surface area (Å²) in [5, 5.41) is 3.49. The van der Waals surface area contributed by atoms with Crippen LogP contribution in [0.2, 0.25) is 5.02 Å². The van der Waals surface area contributed by atoms with Crippen LogP contribution in [-0.2, 0) is 0 Å². The predicted molar refractivity (Wildman–Crippen MR) is 74.4 cm³/mol. The van der Waals surface area contributed by atoms with Crippen molar-refractivity contribution >= 4 is 28.4 Å². The third kappa shape index (κ3) is 4.32. The predicted octanol–water partition coefficient (Wildman–Crippen LogP) is 3.96. The third-order valence-corrected chi connectivity index (χ3v) is 3.13. The lowest BCUT2D eigenvalue weighted by molar-refractivity contribution is -0.135. The first-order valence-corrected chi connectivity index (χ1v) is 6.65. The summed E-state index contributed by atoms with van der Waals surface area (Å²) >= 11 is 6.06. The Kier molecular flexibility index (Phi) is 4.67. The number of carbonyl (C=O) groups is 1. The highest BCUT2D eigenvalue weighted by molar-refractivity contribution is 6.35. The van der Waals surface area contributed by atoms with Crippen molar-refractivity contribution in [3.05, 3.63) is 41.0 Å². The molecule has 0 radical (unpaired) electrons. The monoisotopic (exact) mass is 316 g/mol. The van der Waals surface area contributed by atoms with E-state index in [4.69, 9.17) is 11.6 Å². The molecule has 0 bridgehead atoms. The first-order chi connectivity index (χ1) is 9.87. The minimum atomic E-state index is -4.21. The van der Waals surface area contributed by atoms with Gasteiger partial charge in [-0.2, -0.15) is 13.2 Å². The van der Waals surface area contributed by atoms with E-state index < -0.39 is 18.5 Å². The number of halogens is 4. The van der Waals surface area contributed by atoms with Crippen molar-refractivity contribution < 1.29 is 18.0 Å². The zero-order valence-electron chi connectivity index (χ0n) is 10.9. The van der Waals surface area contributed by atoms with Crippen molar-refractivity contribution in [2.45, 2.75) is 19.0 Å². The summed E-state index contributed by atoms with van der Waals surface area (Å²) < 4.78 is 36.0. The number of aromatic nitrogens is 1. The lowest BCUT2D eigenvalue weighted by atomic mass is 10.2. The van der Waals surface area contributed by atoms with E-state index in [0.717, 1.165) is 0 Å². The minimum absolute atomic E-state index is 0.0650. The fourth-order valence-corrected chi connectivity index (χ4v) is 2.09. The highest BCUT2D eigenvalue weighted by Gasteiger charge is 2.26. The molecule has 0 saturated carbocycles. The molecule has 1 N–H and O–H groups in total. The third-order valence-electron chi connectivity index (χ3n) is 2.82. The number of nitrogens with zero attached hydrogens (tertiary/aromatic N) is 1. The molecule has 21 heavy (non-hydrogen) atoms. The Morgan fingerprint density at radius 2 is 2.00 bits per heavy atom. The summed E-state index contributed by atoms with van der Waals surface area (Å²) in [5.74, 6) is -0.537. The Bertz CT molecular complexity index is 658. The number of benzene rings is 1. The Labute approximate surface area is 124 Å². The number of hydrogen-bond acceptors (Lipinski definition) is 2. The molecule has 2 aromatic rings. The van der Waals surface area contributed by atoms with E-state index in [-0.39, 0.29) is 18.7 Å². The average Bonchev–Trinajstić information content (AvgIpc) is 2.42. The van der Waals surface area contributed by atoms with Gasteiger partial charge in [-0.1, -0.05) is 29.8 Å². The zero-order chi connectivity index (χ0) is 15.5. The molecule has 0 aliphatic rings. The van der Waals surface area contributed by atoms with Crippen molar-refractivity contribution in [1.82, 2.24) is 10.3 Å². The van der Waals surface area contributed by atoms with Crippen LogP contribution in [0.4, 0.5) is 13.2 Å². The molecule has 0 atom stereocenters. The summed E-state index contributed by atoms with van der Waals surface area (Å²) in [6.45, 7) is -0.0650. The molecular weight excluding hydrogens is 305 g/mol. The number of pyridine rings is 1. The second-order valence-electron chi connectivity index (χ2n) is 4.48. The van der Waals surface area contributed by atoms with Crippen LogP contribution in [0, 0.1) is 0 Å². The van der Waals surface area contributed by atoms with Gasteiger partial charge in [0.2, 0.25) is 0 Å². The van der Waals surface area contributed by atoms with E-state index >= 15 is 0 Å². The number of rotatable bonds is 4. The van der Waals surface area contributed by atoms with Gasteiger partial charge >= 0.3 is 6.18 Å². The maximum atomic E-state index is 12.0. The second-order valence-corrected chi connectivity index (χ2v) is 4.89. The van der Waals surface area contributed by atoms with Gasteiger partial charge in [-0.15, -0.1) is 0 Å². The van der Waals surface area contributed by atoms with Gasteiger partial charge in [0.15, 0.2) is 0 Å². The molecule has 0 saturated heterocycles. The molecule has 1 amide bonds. The fraction of sp³-hybridized carbons (Fsp3) is 0.286. The second kappa shape index (κ2) is 6.30. The van der Waals surface area contributed by atoms with Crippen molar-refractivity contribution in [2.24, 2.45) is 0 Å². The zero-order valence-corrected chi connectivity index (χ0v) is 11.6. The van der Waals surface area contributed by atoms with E-state index in [1.54, 1.807) is 24.3 Å². The van der Waals surface area contributed by atoms with Crippen LogP contribution < -0.4 is 5.32 Å². The van der Waals surface area contributed by atoms with Crippen molar-refractivity contribution in [1.29, 1.82) is 0 Å². The Hall–Kier alpha value is -1.82. The maximum absolute atomic E-state index is 12.0. The topological polar surface area (TPSA) is 42.0 Å². The number of alkyl halides is 3. The average molecular weight is 317 g/mol. The van der Waals surface area contributed by atoms with Gasteiger partial charge in [0, 0.05) is 18.4 Å². The maximum Gasteiger partial charge on any atom is 0.389 e. The smallest absolute Gasteiger partial charge is 0.351 e. The molecule has 7 heteroatoms. The van der Waals surface area contributed by atoms with E-state index in [9.17, 15) is 18.0 Å². The highest BCUT2D eigenvalue weighted by Crippen LogP contribution is 2.23. The summed E-state index contributed by atoms with van der Waals surface area (Å²) in [7, 11) is 0. The van der Waals surface area contributed by atoms with Crippen LogP contribution in [0.1, 0.15) is 23.3 Å². The Morgan fingerprint density at radius 1 is 1.29 bits per heavy atom. The van der Waals surface area contributed by atoms with Gasteiger partial charge in [-0.3, -0.25) is 4.79 Å². The normalized spacial score (nSPS) is 11.6. The Balaban J connectivity index is 2.03. The van der Waals surface area contributed by atoms with Crippen molar-refractivity contribution in [3.8, 4) is 0 Å². The Morgan fingerprint density at radius 3 is 2.71 bits per heavy atom. The van der Waals surface area contributed by atoms with Gasteiger partial charge in [-0.25, -0.2) is 4.98 Å². The van der Waals surface area contributed by atoms with Crippen molar-refractivity contribution in [2.75, 3.05) is 6.54 Å². The number of fused-ring (bicyclic) bond motifs is 1. The number of nitrogens with one attached hydrogen (secondary N) is 1. The quantitative estimate of drug-likeness (QED) is 0.867. The van der Waals surface area contributed by atoms with E-state index in [1.165, 1.54) is 6.07 Å². The summed E-state index contributed by atoms with van der Waals surface area (Å²) in [5.41, 5.74) is 0.649. The number of para-hydroxylation sites is 1. The molecule has 1 heterocycles. The van der Waals surface area contributed by atoms with Gasteiger partial charge in [-0.05, 0) is 18.6 Å². The standard InChI is InChI=1S/C14H12ClF3N2O/c15-10-8-12(20-11-5-2-1-4-9(10)11)13(21)19-7-3-6-14(16,17)18/h1-2,4-5,8H,3,6-7H2,(H,19,21). The SMILES string of the molecule is O=C(NCCCC(F)(F)F)c1cc(Cl)c2ccccc2n1. The molecule has 3 nitrogen and oxygen atoms in total. The number of carbonyl (C=O) groups excluding carboxylic acids is 1. The highest BCUT2D eigenvalue weighted by atomic mass is 35.5. The molecule has 112 valence electrons. The lowest BCUT2D eigenvalue weighted by Crippen LogP contribution is -2.26. The van der Waals surface area contributed by atoms with E-state index in [1.807, 2.05) is 0 Å². The first-order valence-electron chi connectivity index (χ1n) is 6.27. The van der Waals surface area contributed by atoms with Crippen LogP contribution in [0.25, 0.3) is 10.9 Å². The molecule has 0 aliphatic heterocycles. The summed E-state index contributed by atoms with van der Waals surface area (Å²) in [6.07, 6.45) is -5.31. The van der Waals surface area contributed by atoms with Gasteiger partial charge < -0.3 is 5.32 Å². The molecule has 0 spiro atoms. The van der Waals surface area contributed by atoms with Gasteiger partial charge in [0.05, 0.1) is 10.5 Å². The lowest BCUT2D eigenvalue weighted by Gasteiger charge is -2.08. The molecular formula is C14H12ClF3N2O. The van der Waals surface area contributed by atoms with Gasteiger partial charge in [0.1, 0.15) is 5.69 Å². The van der Waals surface area contributed by atoms with E-state index in [2.05, 4.69) is 10.3 Å². The molecule has 0 unspecified atom stereocenters. The van der Waals surface area contributed by atoms with Crippen LogP contribution in [0.15, 0.2) is 30.3 Å². The molecule has 2 rings (SSSR count). The van der Waals surface area contributed by atoms with Crippen molar-refractivity contribution in [3.63, 3.8) is 0 Å². The van der Waals surface area contributed by atoms with Gasteiger partial charge in [0.25, 0.3) is 5.91 Å². The van der Waals surface area contributed by atoms with Crippen LogP contribution in [0.3, 0.4) is 0 Å². The minimum Gasteiger partial charge on any atom is -0.351 e. The number of amides is 1. The van der Waals surface area contributed by atoms with Crippen LogP contribution >= 0.6 is 11.6 Å². The molecule has 0 fully saturated rings. The summed E-state index contributed by atoms with van der Waals surface area (Å²) in [6, 6.07) is 8.45. The summed E-state index contributed by atoms with van der Waals surface area (Å²) in [4.78, 5) is 16.0. The molecule has 1 aromatic heterocycles. The number of hydrogen-bond donors (Lipinski definition) is 1. The largest absolute Gasteiger partial charge is 0.389 e.